The van der Waals surface area contributed by atoms with Gasteiger partial charge >= 0.3 is 5.97 Å². The van der Waals surface area contributed by atoms with Gasteiger partial charge in [-0.2, -0.15) is 4.99 Å². The number of methoxy groups -OCH3 is 1. The molecule has 0 fully saturated rings. The Hall–Kier alpha value is -2.24. The lowest BCUT2D eigenvalue weighted by Crippen LogP contribution is -2.23. The number of fused-ring (bicyclic) bond motifs is 1. The van der Waals surface area contributed by atoms with E-state index in [4.69, 9.17) is 27.9 Å². The van der Waals surface area contributed by atoms with Crippen LogP contribution >= 0.6 is 34.5 Å². The third kappa shape index (κ3) is 4.83. The van der Waals surface area contributed by atoms with Crippen molar-refractivity contribution >= 4 is 66.7 Å². The van der Waals surface area contributed by atoms with Crippen LogP contribution in [0.15, 0.2) is 46.3 Å². The quantitative estimate of drug-likeness (QED) is 0.500. The van der Waals surface area contributed by atoms with Crippen LogP contribution in [0.5, 0.6) is 0 Å². The van der Waals surface area contributed by atoms with Gasteiger partial charge in [-0.15, -0.1) is 0 Å². The summed E-state index contributed by atoms with van der Waals surface area (Å²) in [6, 6.07) is 8.62. The molecule has 0 saturated heterocycles. The molecule has 0 unspecified atom stereocenters. The molecular weight excluding hydrogens is 485 g/mol. The summed E-state index contributed by atoms with van der Waals surface area (Å²) in [6.07, 6.45) is 0. The standard InChI is InChI=1S/C19H17Cl2N3O5S2/c1-23(2)31(27,28)13-6-4-11(5-7-13)18(26)22-19-24(10-16(25)29-3)17-14(21)8-12(20)9-15(17)30-19/h4-9H,10H2,1-3H3. The number of aromatic nitrogens is 1. The number of hydrogen-bond donors (Lipinski definition) is 0. The number of carbonyl (C=O) groups excluding carboxylic acids is 2. The summed E-state index contributed by atoms with van der Waals surface area (Å²) in [6.45, 7) is -0.204. The van der Waals surface area contributed by atoms with Gasteiger partial charge in [0.1, 0.15) is 6.54 Å². The molecule has 3 rings (SSSR count). The van der Waals surface area contributed by atoms with Crippen molar-refractivity contribution in [3.8, 4) is 0 Å². The summed E-state index contributed by atoms with van der Waals surface area (Å²) in [5, 5.41) is 0.703. The van der Waals surface area contributed by atoms with E-state index in [1.54, 1.807) is 6.07 Å². The minimum Gasteiger partial charge on any atom is -0.468 e. The lowest BCUT2D eigenvalue weighted by Gasteiger charge is -2.11. The zero-order valence-electron chi connectivity index (χ0n) is 16.6. The van der Waals surface area contributed by atoms with Gasteiger partial charge in [-0.3, -0.25) is 9.59 Å². The fourth-order valence-electron chi connectivity index (χ4n) is 2.69. The zero-order valence-corrected chi connectivity index (χ0v) is 19.8. The smallest absolute Gasteiger partial charge is 0.325 e. The Kier molecular flexibility index (Phi) is 6.87. The topological polar surface area (TPSA) is 98.0 Å². The van der Waals surface area contributed by atoms with E-state index in [-0.39, 0.29) is 21.8 Å². The second-order valence-corrected chi connectivity index (χ2v) is 10.5. The van der Waals surface area contributed by atoms with Crippen molar-refractivity contribution in [2.24, 2.45) is 4.99 Å². The van der Waals surface area contributed by atoms with Crippen LogP contribution in [0, 0.1) is 0 Å². The van der Waals surface area contributed by atoms with Crippen molar-refractivity contribution in [1.82, 2.24) is 8.87 Å². The van der Waals surface area contributed by atoms with Gasteiger partial charge in [-0.1, -0.05) is 34.5 Å². The van der Waals surface area contributed by atoms with Crippen LogP contribution in [0.25, 0.3) is 10.2 Å². The second kappa shape index (κ2) is 9.09. The van der Waals surface area contributed by atoms with E-state index in [0.717, 1.165) is 15.6 Å². The van der Waals surface area contributed by atoms with Gasteiger partial charge in [0, 0.05) is 24.7 Å². The third-order valence-electron chi connectivity index (χ3n) is 4.29. The predicted molar refractivity (Wildman–Crippen MR) is 119 cm³/mol. The average molecular weight is 502 g/mol. The number of ether oxygens (including phenoxy) is 1. The van der Waals surface area contributed by atoms with E-state index in [0.29, 0.717) is 20.3 Å². The highest BCUT2D eigenvalue weighted by Gasteiger charge is 2.18. The molecule has 0 spiro atoms. The highest BCUT2D eigenvalue weighted by atomic mass is 35.5. The molecule has 31 heavy (non-hydrogen) atoms. The van der Waals surface area contributed by atoms with Crippen LogP contribution in [0.3, 0.4) is 0 Å². The Morgan fingerprint density at radius 2 is 1.81 bits per heavy atom. The molecule has 0 aliphatic rings. The molecule has 0 N–H and O–H groups in total. The number of hydrogen-bond acceptors (Lipinski definition) is 6. The van der Waals surface area contributed by atoms with E-state index in [9.17, 15) is 18.0 Å². The Bertz CT molecular complexity index is 1340. The van der Waals surface area contributed by atoms with Gasteiger partial charge in [0.15, 0.2) is 4.80 Å². The lowest BCUT2D eigenvalue weighted by atomic mass is 10.2. The molecule has 2 aromatic carbocycles. The number of benzene rings is 2. The second-order valence-electron chi connectivity index (χ2n) is 6.51. The van der Waals surface area contributed by atoms with Crippen molar-refractivity contribution in [3.05, 3.63) is 56.8 Å². The summed E-state index contributed by atoms with van der Waals surface area (Å²) in [5.41, 5.74) is 0.685. The molecular formula is C19H17Cl2N3O5S2. The Morgan fingerprint density at radius 3 is 2.39 bits per heavy atom. The monoisotopic (exact) mass is 501 g/mol. The Balaban J connectivity index is 2.09. The average Bonchev–Trinajstić information content (AvgIpc) is 3.04. The fraction of sp³-hybridized carbons (Fsp3) is 0.211. The van der Waals surface area contributed by atoms with Gasteiger partial charge in [0.25, 0.3) is 5.91 Å². The van der Waals surface area contributed by atoms with E-state index < -0.39 is 21.9 Å². The highest BCUT2D eigenvalue weighted by molar-refractivity contribution is 7.89. The summed E-state index contributed by atoms with van der Waals surface area (Å²) < 4.78 is 32.3. The fourth-order valence-corrected chi connectivity index (χ4v) is 5.40. The van der Waals surface area contributed by atoms with Crippen LogP contribution < -0.4 is 4.80 Å². The number of amides is 1. The molecule has 1 aromatic heterocycles. The van der Waals surface area contributed by atoms with Crippen molar-refractivity contribution in [2.45, 2.75) is 11.4 Å². The van der Waals surface area contributed by atoms with Crippen molar-refractivity contribution in [2.75, 3.05) is 21.2 Å². The minimum absolute atomic E-state index is 0.0538. The molecule has 3 aromatic rings. The largest absolute Gasteiger partial charge is 0.468 e. The number of esters is 1. The first kappa shape index (κ1) is 23.4. The summed E-state index contributed by atoms with van der Waals surface area (Å²) in [7, 11) is 0.473. The zero-order chi connectivity index (χ0) is 22.9. The van der Waals surface area contributed by atoms with Crippen LogP contribution in [-0.2, 0) is 26.1 Å². The third-order valence-corrected chi connectivity index (χ3v) is 7.65. The maximum Gasteiger partial charge on any atom is 0.325 e. The number of halogens is 2. The molecule has 0 radical (unpaired) electrons. The number of sulfonamides is 1. The molecule has 1 heterocycles. The first-order chi connectivity index (χ1) is 14.5. The molecule has 0 bridgehead atoms. The first-order valence-electron chi connectivity index (χ1n) is 8.71. The maximum atomic E-state index is 12.7. The van der Waals surface area contributed by atoms with Gasteiger partial charge in [0.2, 0.25) is 10.0 Å². The predicted octanol–water partition coefficient (Wildman–Crippen LogP) is 3.17. The number of nitrogens with zero attached hydrogens (tertiary/aromatic N) is 3. The van der Waals surface area contributed by atoms with E-state index in [1.165, 1.54) is 56.1 Å². The molecule has 164 valence electrons. The van der Waals surface area contributed by atoms with Crippen LogP contribution in [-0.4, -0.2) is 50.4 Å². The van der Waals surface area contributed by atoms with Gasteiger partial charge in [-0.25, -0.2) is 12.7 Å². The van der Waals surface area contributed by atoms with E-state index in [2.05, 4.69) is 4.99 Å². The van der Waals surface area contributed by atoms with Crippen LogP contribution in [0.2, 0.25) is 10.0 Å². The Morgan fingerprint density at radius 1 is 1.16 bits per heavy atom. The number of rotatable bonds is 5. The first-order valence-corrected chi connectivity index (χ1v) is 11.7. The molecule has 1 amide bonds. The Labute approximate surface area is 192 Å². The summed E-state index contributed by atoms with van der Waals surface area (Å²) in [5.74, 6) is -1.15. The molecule has 0 aliphatic carbocycles. The number of thiazole rings is 1. The molecule has 12 heteroatoms. The lowest BCUT2D eigenvalue weighted by molar-refractivity contribution is -0.141. The number of carbonyl (C=O) groups is 2. The van der Waals surface area contributed by atoms with Gasteiger partial charge in [-0.05, 0) is 36.4 Å². The van der Waals surface area contributed by atoms with Crippen LogP contribution in [0.1, 0.15) is 10.4 Å². The van der Waals surface area contributed by atoms with E-state index in [1.807, 2.05) is 0 Å². The highest BCUT2D eigenvalue weighted by Crippen LogP contribution is 2.29. The normalized spacial score (nSPS) is 12.5. The molecule has 8 nitrogen and oxygen atoms in total. The SMILES string of the molecule is COC(=O)Cn1c(=NC(=O)c2ccc(S(=O)(=O)N(C)C)cc2)sc2cc(Cl)cc(Cl)c21. The summed E-state index contributed by atoms with van der Waals surface area (Å²) >= 11 is 13.5. The summed E-state index contributed by atoms with van der Waals surface area (Å²) in [4.78, 5) is 29.0. The molecule has 0 saturated carbocycles. The minimum atomic E-state index is -3.62. The molecule has 0 aliphatic heterocycles. The van der Waals surface area contributed by atoms with Crippen molar-refractivity contribution in [3.63, 3.8) is 0 Å². The molecule has 0 atom stereocenters. The maximum absolute atomic E-state index is 12.7. The van der Waals surface area contributed by atoms with Crippen LogP contribution in [0.4, 0.5) is 0 Å². The van der Waals surface area contributed by atoms with Gasteiger partial charge < -0.3 is 9.30 Å². The van der Waals surface area contributed by atoms with Gasteiger partial charge in [0.05, 0.1) is 27.2 Å². The van der Waals surface area contributed by atoms with Crippen molar-refractivity contribution in [1.29, 1.82) is 0 Å². The van der Waals surface area contributed by atoms with E-state index >= 15 is 0 Å². The van der Waals surface area contributed by atoms with Crippen molar-refractivity contribution < 1.29 is 22.7 Å².